The smallest absolute Gasteiger partial charge is 0.129 e. The van der Waals surface area contributed by atoms with E-state index in [4.69, 9.17) is 0 Å². The molecule has 0 N–H and O–H groups in total. The minimum absolute atomic E-state index is 0.288. The number of carboxylic acid groups (broad SMARTS) is 1. The summed E-state index contributed by atoms with van der Waals surface area (Å²) in [6.45, 7) is 0.957. The van der Waals surface area contributed by atoms with E-state index in [-0.39, 0.29) is 6.04 Å². The van der Waals surface area contributed by atoms with Crippen molar-refractivity contribution in [3.63, 3.8) is 0 Å². The average molecular weight is 157 g/mol. The Morgan fingerprint density at radius 2 is 2.09 bits per heavy atom. The Bertz CT molecular complexity index is 165. The van der Waals surface area contributed by atoms with Crippen LogP contribution in [0.5, 0.6) is 0 Å². The SMILES string of the molecule is C[N+]1(C)CCCCC1C(=O)[O-]. The summed E-state index contributed by atoms with van der Waals surface area (Å²) in [6, 6.07) is -0.288. The summed E-state index contributed by atoms with van der Waals surface area (Å²) in [5.41, 5.74) is 0. The monoisotopic (exact) mass is 157 g/mol. The van der Waals surface area contributed by atoms with Crippen molar-refractivity contribution in [3.05, 3.63) is 0 Å². The number of hydrogen-bond donors (Lipinski definition) is 0. The van der Waals surface area contributed by atoms with E-state index in [0.29, 0.717) is 4.48 Å². The fourth-order valence-corrected chi connectivity index (χ4v) is 1.77. The van der Waals surface area contributed by atoms with E-state index in [1.54, 1.807) is 0 Å². The molecule has 0 saturated carbocycles. The molecule has 0 radical (unpaired) electrons. The summed E-state index contributed by atoms with van der Waals surface area (Å²) in [5.74, 6) is -0.894. The van der Waals surface area contributed by atoms with Gasteiger partial charge in [0, 0.05) is 6.42 Å². The molecule has 1 rings (SSSR count). The van der Waals surface area contributed by atoms with Crippen LogP contribution in [0.25, 0.3) is 0 Å². The first-order valence-corrected chi connectivity index (χ1v) is 4.07. The van der Waals surface area contributed by atoms with Gasteiger partial charge in [-0.2, -0.15) is 0 Å². The van der Waals surface area contributed by atoms with Gasteiger partial charge in [0.1, 0.15) is 6.04 Å². The Hall–Kier alpha value is -0.570. The molecule has 1 heterocycles. The average Bonchev–Trinajstić information content (AvgIpc) is 1.85. The molecule has 0 aromatic rings. The minimum Gasteiger partial charge on any atom is -0.544 e. The summed E-state index contributed by atoms with van der Waals surface area (Å²) in [7, 11) is 3.92. The Morgan fingerprint density at radius 3 is 2.45 bits per heavy atom. The number of likely N-dealkylation sites (N-methyl/N-ethyl adjacent to an activating group) is 1. The molecule has 0 aromatic heterocycles. The Kier molecular flexibility index (Phi) is 2.18. The van der Waals surface area contributed by atoms with Crippen molar-refractivity contribution in [2.24, 2.45) is 0 Å². The van der Waals surface area contributed by atoms with Crippen molar-refractivity contribution in [2.45, 2.75) is 25.3 Å². The highest BCUT2D eigenvalue weighted by atomic mass is 16.4. The highest BCUT2D eigenvalue weighted by Gasteiger charge is 2.31. The summed E-state index contributed by atoms with van der Waals surface area (Å²) in [6.07, 6.45) is 2.94. The maximum atomic E-state index is 10.6. The molecule has 0 amide bonds. The number of nitrogens with zero attached hydrogens (tertiary/aromatic N) is 1. The number of carboxylic acids is 1. The summed E-state index contributed by atoms with van der Waals surface area (Å²) in [5, 5.41) is 10.6. The van der Waals surface area contributed by atoms with Gasteiger partial charge in [0.15, 0.2) is 0 Å². The first-order chi connectivity index (χ1) is 5.04. The van der Waals surface area contributed by atoms with Crippen LogP contribution in [0.1, 0.15) is 19.3 Å². The van der Waals surface area contributed by atoms with Gasteiger partial charge < -0.3 is 14.4 Å². The molecule has 1 aliphatic heterocycles. The van der Waals surface area contributed by atoms with Crippen molar-refractivity contribution in [1.29, 1.82) is 0 Å². The molecule has 3 heteroatoms. The Labute approximate surface area is 67.2 Å². The van der Waals surface area contributed by atoms with Gasteiger partial charge in [0.2, 0.25) is 0 Å². The van der Waals surface area contributed by atoms with Crippen LogP contribution >= 0.6 is 0 Å². The second kappa shape index (κ2) is 2.81. The van der Waals surface area contributed by atoms with Crippen molar-refractivity contribution in [3.8, 4) is 0 Å². The van der Waals surface area contributed by atoms with Crippen LogP contribution in [0.15, 0.2) is 0 Å². The number of carbonyl (C=O) groups is 1. The molecule has 11 heavy (non-hydrogen) atoms. The third kappa shape index (κ3) is 1.71. The molecule has 0 aromatic carbocycles. The highest BCUT2D eigenvalue weighted by Crippen LogP contribution is 2.20. The molecular formula is C8H15NO2. The maximum Gasteiger partial charge on any atom is 0.129 e. The lowest BCUT2D eigenvalue weighted by atomic mass is 10.0. The summed E-state index contributed by atoms with van der Waals surface area (Å²) in [4.78, 5) is 10.6. The first kappa shape index (κ1) is 8.53. The van der Waals surface area contributed by atoms with Crippen LogP contribution in [0.2, 0.25) is 0 Å². The zero-order valence-electron chi connectivity index (χ0n) is 7.17. The largest absolute Gasteiger partial charge is 0.544 e. The van der Waals surface area contributed by atoms with Crippen LogP contribution < -0.4 is 5.11 Å². The number of quaternary nitrogens is 1. The van der Waals surface area contributed by atoms with Crippen LogP contribution in [-0.2, 0) is 4.79 Å². The highest BCUT2D eigenvalue weighted by molar-refractivity contribution is 5.69. The molecule has 0 bridgehead atoms. The number of rotatable bonds is 1. The number of piperidine rings is 1. The molecule has 1 fully saturated rings. The summed E-state index contributed by atoms with van der Waals surface area (Å²) < 4.78 is 0.586. The van der Waals surface area contributed by atoms with Gasteiger partial charge in [0.05, 0.1) is 26.6 Å². The topological polar surface area (TPSA) is 40.1 Å². The minimum atomic E-state index is -0.894. The quantitative estimate of drug-likeness (QED) is 0.475. The predicted octanol–water partition coefficient (Wildman–Crippen LogP) is -0.635. The van der Waals surface area contributed by atoms with E-state index in [2.05, 4.69) is 0 Å². The van der Waals surface area contributed by atoms with Gasteiger partial charge >= 0.3 is 0 Å². The molecule has 1 aliphatic rings. The molecule has 64 valence electrons. The second-order valence-electron chi connectivity index (χ2n) is 3.83. The van der Waals surface area contributed by atoms with Crippen LogP contribution in [0, 0.1) is 0 Å². The predicted molar refractivity (Wildman–Crippen MR) is 39.6 cm³/mol. The van der Waals surface area contributed by atoms with Crippen molar-refractivity contribution in [1.82, 2.24) is 0 Å². The lowest BCUT2D eigenvalue weighted by Gasteiger charge is -2.41. The fraction of sp³-hybridized carbons (Fsp3) is 0.875. The van der Waals surface area contributed by atoms with E-state index in [1.165, 1.54) is 0 Å². The van der Waals surface area contributed by atoms with Gasteiger partial charge in [-0.3, -0.25) is 0 Å². The zero-order chi connectivity index (χ0) is 8.48. The third-order valence-corrected chi connectivity index (χ3v) is 2.58. The number of carbonyl (C=O) groups excluding carboxylic acids is 1. The van der Waals surface area contributed by atoms with Gasteiger partial charge in [-0.15, -0.1) is 0 Å². The fourth-order valence-electron chi connectivity index (χ4n) is 1.77. The van der Waals surface area contributed by atoms with Gasteiger partial charge in [-0.25, -0.2) is 0 Å². The molecule has 1 unspecified atom stereocenters. The van der Waals surface area contributed by atoms with Gasteiger partial charge in [-0.05, 0) is 12.8 Å². The second-order valence-corrected chi connectivity index (χ2v) is 3.83. The Morgan fingerprint density at radius 1 is 1.45 bits per heavy atom. The first-order valence-electron chi connectivity index (χ1n) is 4.07. The molecule has 3 nitrogen and oxygen atoms in total. The normalized spacial score (nSPS) is 29.8. The standard InChI is InChI=1S/C8H15NO2/c1-9(2)6-4-3-5-7(9)8(10)11/h7H,3-6H2,1-2H3. The van der Waals surface area contributed by atoms with E-state index >= 15 is 0 Å². The van der Waals surface area contributed by atoms with Crippen molar-refractivity contribution < 1.29 is 14.4 Å². The van der Waals surface area contributed by atoms with Crippen LogP contribution in [0.4, 0.5) is 0 Å². The van der Waals surface area contributed by atoms with E-state index < -0.39 is 5.97 Å². The van der Waals surface area contributed by atoms with Crippen molar-refractivity contribution in [2.75, 3.05) is 20.6 Å². The maximum absolute atomic E-state index is 10.6. The van der Waals surface area contributed by atoms with Gasteiger partial charge in [0.25, 0.3) is 0 Å². The number of likely N-dealkylation sites (tertiary alicyclic amines) is 1. The van der Waals surface area contributed by atoms with E-state index in [1.807, 2.05) is 14.1 Å². The molecule has 0 spiro atoms. The van der Waals surface area contributed by atoms with Gasteiger partial charge in [-0.1, -0.05) is 0 Å². The van der Waals surface area contributed by atoms with E-state index in [9.17, 15) is 9.90 Å². The molecule has 1 saturated heterocycles. The molecule has 1 atom stereocenters. The lowest BCUT2D eigenvalue weighted by Crippen LogP contribution is -2.59. The Balaban J connectivity index is 2.67. The van der Waals surface area contributed by atoms with Crippen LogP contribution in [-0.4, -0.2) is 37.1 Å². The summed E-state index contributed by atoms with van der Waals surface area (Å²) >= 11 is 0. The van der Waals surface area contributed by atoms with E-state index in [0.717, 1.165) is 25.8 Å². The van der Waals surface area contributed by atoms with Crippen molar-refractivity contribution >= 4 is 5.97 Å². The molecule has 0 aliphatic carbocycles. The number of hydrogen-bond acceptors (Lipinski definition) is 2. The number of aliphatic carboxylic acids is 1. The molecular weight excluding hydrogens is 142 g/mol. The third-order valence-electron chi connectivity index (χ3n) is 2.58. The lowest BCUT2D eigenvalue weighted by molar-refractivity contribution is -0.913. The van der Waals surface area contributed by atoms with Crippen LogP contribution in [0.3, 0.4) is 0 Å². The zero-order valence-corrected chi connectivity index (χ0v) is 7.17.